The Morgan fingerprint density at radius 3 is 1.62 bits per heavy atom. The molecule has 0 saturated carbocycles. The molecule has 0 unspecified atom stereocenters. The fourth-order valence-corrected chi connectivity index (χ4v) is 6.20. The first-order chi connectivity index (χ1) is 30.2. The molecule has 4 heterocycles. The van der Waals surface area contributed by atoms with Crippen molar-refractivity contribution in [3.8, 4) is 35.1 Å². The van der Waals surface area contributed by atoms with Gasteiger partial charge in [0.2, 0.25) is 11.5 Å². The van der Waals surface area contributed by atoms with Crippen molar-refractivity contribution in [2.75, 3.05) is 0 Å². The molecule has 64 heavy (non-hydrogen) atoms. The van der Waals surface area contributed by atoms with Gasteiger partial charge in [-0.15, -0.1) is 0 Å². The number of aromatic nitrogens is 8. The van der Waals surface area contributed by atoms with Crippen LogP contribution in [0, 0.1) is 22.7 Å². The smallest absolute Gasteiger partial charge is 0.449 e. The lowest BCUT2D eigenvalue weighted by molar-refractivity contribution is 0.140. The van der Waals surface area contributed by atoms with Gasteiger partial charge in [-0.1, -0.05) is 46.4 Å². The molecule has 0 aliphatic rings. The van der Waals surface area contributed by atoms with Crippen LogP contribution in [0.15, 0.2) is 80.4 Å². The highest BCUT2D eigenvalue weighted by Crippen LogP contribution is 2.36. The van der Waals surface area contributed by atoms with E-state index in [9.17, 15) is 41.3 Å². The Hall–Kier alpha value is -6.47. The normalized spacial score (nSPS) is 11.2. The van der Waals surface area contributed by atoms with E-state index in [1.165, 1.54) is 42.5 Å². The van der Waals surface area contributed by atoms with E-state index in [1.807, 2.05) is 6.07 Å². The molecule has 0 bridgehead atoms. The van der Waals surface area contributed by atoms with Crippen molar-refractivity contribution >= 4 is 54.2 Å². The van der Waals surface area contributed by atoms with E-state index in [0.717, 1.165) is 27.9 Å². The third kappa shape index (κ3) is 12.6. The maximum atomic E-state index is 13.5. The molecule has 3 N–H and O–H groups in total. The number of nitriles is 2. The standard InChI is InChI=1S/C18H12Cl2F2N5O7P.C17H9Cl2F2N5O3/c19-11-1-9(5-23)2-12(4-11)34-15-14(16(21)22)24-7-26(18(15)29)6-10-3-13(20)25-27(17(10)28)8-33-35(30,31)32;18-10-1-8(5-22)2-11(4-10)29-14-13(15(20)21)23-7-26(17(14)28)6-9-3-12(19)24-25-16(9)27/h1-4,7,16H,6,8H2,(H2,30,31,32);1-4,7,15H,6H2,(H,25,27). The molecule has 0 amide bonds. The van der Waals surface area contributed by atoms with E-state index in [4.69, 9.17) is 76.2 Å². The highest BCUT2D eigenvalue weighted by molar-refractivity contribution is 7.46. The zero-order valence-corrected chi connectivity index (χ0v) is 35.1. The second-order valence-corrected chi connectivity index (χ2v) is 15.1. The minimum Gasteiger partial charge on any atom is -0.449 e. The molecule has 0 atom stereocenters. The average Bonchev–Trinajstić information content (AvgIpc) is 3.22. The number of nitrogens with one attached hydrogen (secondary N) is 1. The third-order valence-corrected chi connectivity index (χ3v) is 9.07. The summed E-state index contributed by atoms with van der Waals surface area (Å²) in [6.07, 6.45) is -4.71. The zero-order chi connectivity index (χ0) is 47.0. The maximum Gasteiger partial charge on any atom is 0.471 e. The molecule has 0 fully saturated rings. The monoisotopic (exact) mass is 988 g/mol. The van der Waals surface area contributed by atoms with Crippen LogP contribution in [0.5, 0.6) is 23.0 Å². The summed E-state index contributed by atoms with van der Waals surface area (Å²) in [5, 5.41) is 27.1. The fourth-order valence-electron chi connectivity index (χ4n) is 5.10. The molecule has 0 aliphatic heterocycles. The topological polar surface area (TPSA) is 283 Å². The summed E-state index contributed by atoms with van der Waals surface area (Å²) < 4.78 is 81.7. The molecule has 0 radical (unpaired) electrons. The van der Waals surface area contributed by atoms with Gasteiger partial charge >= 0.3 is 7.82 Å². The van der Waals surface area contributed by atoms with Gasteiger partial charge in [-0.05, 0) is 48.5 Å². The number of hydrogen-bond acceptors (Lipinski definition) is 14. The molecular weight excluding hydrogens is 969 g/mol. The van der Waals surface area contributed by atoms with E-state index in [0.29, 0.717) is 4.68 Å². The SMILES string of the molecule is N#Cc1cc(Cl)cc(Oc2c(C(F)F)ncn(Cc3cc(Cl)n[nH]c3=O)c2=O)c1.N#Cc1cc(Cl)cc(Oc2c(C(F)F)ncn(Cc3cc(Cl)nn(COP(=O)(O)O)c3=O)c2=O)c1. The van der Waals surface area contributed by atoms with Crippen LogP contribution in [0.3, 0.4) is 0 Å². The predicted molar refractivity (Wildman–Crippen MR) is 214 cm³/mol. The molecular formula is C35H21Cl4F4N10O10P. The Morgan fingerprint density at radius 2 is 1.17 bits per heavy atom. The Labute approximate surface area is 372 Å². The lowest BCUT2D eigenvalue weighted by atomic mass is 10.2. The van der Waals surface area contributed by atoms with Crippen molar-refractivity contribution in [3.05, 3.63) is 157 Å². The minimum atomic E-state index is -4.95. The van der Waals surface area contributed by atoms with Gasteiger partial charge in [0.1, 0.15) is 21.8 Å². The highest BCUT2D eigenvalue weighted by Gasteiger charge is 2.25. The lowest BCUT2D eigenvalue weighted by Gasteiger charge is -2.14. The van der Waals surface area contributed by atoms with Crippen LogP contribution in [-0.2, 0) is 28.9 Å². The molecule has 4 aromatic heterocycles. The first kappa shape index (κ1) is 48.6. The van der Waals surface area contributed by atoms with Crippen LogP contribution >= 0.6 is 54.2 Å². The van der Waals surface area contributed by atoms with E-state index < -0.39 is 79.1 Å². The molecule has 6 rings (SSSR count). The Bertz CT molecular complexity index is 3140. The summed E-state index contributed by atoms with van der Waals surface area (Å²) in [7, 11) is -4.95. The number of halogens is 8. The second kappa shape index (κ2) is 20.8. The summed E-state index contributed by atoms with van der Waals surface area (Å²) in [5.41, 5.74) is -5.55. The Morgan fingerprint density at radius 1 is 0.703 bits per heavy atom. The summed E-state index contributed by atoms with van der Waals surface area (Å²) in [6, 6.07) is 13.4. The summed E-state index contributed by atoms with van der Waals surface area (Å²) in [5.74, 6) is -1.92. The summed E-state index contributed by atoms with van der Waals surface area (Å²) >= 11 is 23.3. The van der Waals surface area contributed by atoms with Gasteiger partial charge in [0, 0.05) is 21.2 Å². The second-order valence-electron chi connectivity index (χ2n) is 12.3. The molecule has 0 saturated heterocycles. The summed E-state index contributed by atoms with van der Waals surface area (Å²) in [6.45, 7) is -1.83. The van der Waals surface area contributed by atoms with Gasteiger partial charge in [-0.3, -0.25) is 32.8 Å². The number of alkyl halides is 4. The van der Waals surface area contributed by atoms with E-state index >= 15 is 0 Å². The van der Waals surface area contributed by atoms with Gasteiger partial charge in [0.25, 0.3) is 35.1 Å². The van der Waals surface area contributed by atoms with Gasteiger partial charge in [-0.2, -0.15) is 20.7 Å². The molecule has 20 nitrogen and oxygen atoms in total. The van der Waals surface area contributed by atoms with Crippen LogP contribution in [0.4, 0.5) is 17.6 Å². The van der Waals surface area contributed by atoms with Crippen molar-refractivity contribution in [1.29, 1.82) is 10.5 Å². The van der Waals surface area contributed by atoms with Crippen LogP contribution in [0.25, 0.3) is 0 Å². The van der Waals surface area contributed by atoms with Gasteiger partial charge in [0.15, 0.2) is 18.1 Å². The van der Waals surface area contributed by atoms with Crippen molar-refractivity contribution in [1.82, 2.24) is 39.1 Å². The first-order valence-electron chi connectivity index (χ1n) is 16.9. The lowest BCUT2D eigenvalue weighted by Crippen LogP contribution is -2.31. The number of benzene rings is 2. The maximum absolute atomic E-state index is 13.5. The molecule has 332 valence electrons. The fraction of sp³-hybridized carbons (Fsp3) is 0.143. The number of ether oxygens (including phenoxy) is 2. The van der Waals surface area contributed by atoms with Gasteiger partial charge in [-0.25, -0.2) is 41.9 Å². The number of rotatable bonds is 13. The van der Waals surface area contributed by atoms with Gasteiger partial charge < -0.3 is 19.3 Å². The van der Waals surface area contributed by atoms with E-state index in [1.54, 1.807) is 6.07 Å². The van der Waals surface area contributed by atoms with E-state index in [-0.39, 0.29) is 60.6 Å². The molecule has 0 spiro atoms. The molecule has 2 aromatic carbocycles. The van der Waals surface area contributed by atoms with Crippen molar-refractivity contribution in [2.24, 2.45) is 0 Å². The predicted octanol–water partition coefficient (Wildman–Crippen LogP) is 6.11. The highest BCUT2D eigenvalue weighted by atomic mass is 35.5. The largest absolute Gasteiger partial charge is 0.471 e. The van der Waals surface area contributed by atoms with Crippen molar-refractivity contribution < 1.29 is 45.9 Å². The third-order valence-electron chi connectivity index (χ3n) is 7.80. The van der Waals surface area contributed by atoms with Crippen LogP contribution in [0.1, 0.15) is 46.5 Å². The van der Waals surface area contributed by atoms with Crippen LogP contribution in [0.2, 0.25) is 20.4 Å². The minimum absolute atomic E-state index is 0.0238. The quantitative estimate of drug-likeness (QED) is 0.0869. The number of nitrogens with zero attached hydrogens (tertiary/aromatic N) is 9. The molecule has 0 aliphatic carbocycles. The number of H-pyrrole nitrogens is 1. The van der Waals surface area contributed by atoms with Crippen LogP contribution in [-0.4, -0.2) is 48.9 Å². The Kier molecular flexibility index (Phi) is 15.8. The number of aromatic amines is 1. The molecule has 29 heteroatoms. The first-order valence-corrected chi connectivity index (χ1v) is 19.9. The van der Waals surface area contributed by atoms with E-state index in [2.05, 4.69) is 29.8 Å². The number of hydrogen-bond donors (Lipinski definition) is 3. The zero-order valence-electron chi connectivity index (χ0n) is 31.2. The number of phosphoric ester groups is 1. The molecule has 6 aromatic rings. The average molecular weight is 990 g/mol. The summed E-state index contributed by atoms with van der Waals surface area (Å²) in [4.78, 5) is 74.9. The van der Waals surface area contributed by atoms with Gasteiger partial charge in [0.05, 0.1) is 49.0 Å². The Balaban J connectivity index is 0.000000245. The van der Waals surface area contributed by atoms with Crippen molar-refractivity contribution in [2.45, 2.75) is 32.7 Å². The van der Waals surface area contributed by atoms with Crippen molar-refractivity contribution in [3.63, 3.8) is 0 Å². The van der Waals surface area contributed by atoms with Crippen LogP contribution < -0.4 is 31.7 Å². The number of phosphoric acid groups is 1.